The van der Waals surface area contributed by atoms with Crippen molar-refractivity contribution in [3.63, 3.8) is 0 Å². The first-order valence-corrected chi connectivity index (χ1v) is 9.31. The summed E-state index contributed by atoms with van der Waals surface area (Å²) in [7, 11) is 0. The average Bonchev–Trinajstić information content (AvgIpc) is 3.27. The quantitative estimate of drug-likeness (QED) is 0.695. The van der Waals surface area contributed by atoms with E-state index in [-0.39, 0.29) is 11.4 Å². The minimum absolute atomic E-state index is 0.187. The molecule has 2 N–H and O–H groups in total. The van der Waals surface area contributed by atoms with Crippen LogP contribution in [0.4, 0.5) is 10.5 Å². The fourth-order valence-corrected chi connectivity index (χ4v) is 2.99. The van der Waals surface area contributed by atoms with Gasteiger partial charge in [-0.25, -0.2) is 4.79 Å². The van der Waals surface area contributed by atoms with Crippen molar-refractivity contribution in [3.05, 3.63) is 52.5 Å². The number of nitrogens with zero attached hydrogens (tertiary/aromatic N) is 2. The van der Waals surface area contributed by atoms with E-state index in [0.717, 1.165) is 12.0 Å². The molecule has 0 aliphatic carbocycles. The van der Waals surface area contributed by atoms with Crippen molar-refractivity contribution in [1.82, 2.24) is 15.5 Å². The van der Waals surface area contributed by atoms with Crippen LogP contribution in [-0.2, 0) is 11.8 Å². The minimum atomic E-state index is -0.219. The van der Waals surface area contributed by atoms with Gasteiger partial charge >= 0.3 is 6.03 Å². The monoisotopic (exact) mass is 370 g/mol. The Hall–Kier alpha value is -2.67. The molecule has 3 rings (SSSR count). The first kappa shape index (κ1) is 18.1. The van der Waals surface area contributed by atoms with Gasteiger partial charge in [0.15, 0.2) is 0 Å². The number of rotatable bonds is 5. The van der Waals surface area contributed by atoms with Crippen molar-refractivity contribution in [2.75, 3.05) is 11.9 Å². The van der Waals surface area contributed by atoms with E-state index in [0.29, 0.717) is 23.9 Å². The summed E-state index contributed by atoms with van der Waals surface area (Å²) in [5.74, 6) is 1.14. The van der Waals surface area contributed by atoms with E-state index < -0.39 is 0 Å². The summed E-state index contributed by atoms with van der Waals surface area (Å²) in [4.78, 5) is 17.6. The van der Waals surface area contributed by atoms with Crippen molar-refractivity contribution in [3.8, 4) is 11.4 Å². The van der Waals surface area contributed by atoms with Gasteiger partial charge < -0.3 is 15.2 Å². The van der Waals surface area contributed by atoms with Crippen molar-refractivity contribution in [2.45, 2.75) is 32.6 Å². The van der Waals surface area contributed by atoms with Crippen LogP contribution in [0.1, 0.15) is 31.5 Å². The van der Waals surface area contributed by atoms with Gasteiger partial charge in [-0.3, -0.25) is 0 Å². The Kier molecular flexibility index (Phi) is 5.37. The lowest BCUT2D eigenvalue weighted by Crippen LogP contribution is -2.30. The summed E-state index contributed by atoms with van der Waals surface area (Å²) in [5.41, 5.74) is 1.36. The lowest BCUT2D eigenvalue weighted by molar-refractivity contribution is 0.252. The lowest BCUT2D eigenvalue weighted by atomic mass is 9.97. The molecule has 0 saturated heterocycles. The first-order valence-electron chi connectivity index (χ1n) is 8.44. The number of amides is 2. The third-order valence-corrected chi connectivity index (χ3v) is 4.64. The number of carbonyl (C=O) groups excluding carboxylic acids is 1. The van der Waals surface area contributed by atoms with Gasteiger partial charge in [0.2, 0.25) is 11.7 Å². The zero-order chi connectivity index (χ0) is 18.6. The second-order valence-corrected chi connectivity index (χ2v) is 7.99. The van der Waals surface area contributed by atoms with E-state index in [2.05, 4.69) is 26.8 Å². The molecule has 0 aliphatic heterocycles. The molecule has 2 amide bonds. The summed E-state index contributed by atoms with van der Waals surface area (Å²) < 4.78 is 5.31. The molecular weight excluding hydrogens is 348 g/mol. The molecule has 3 aromatic rings. The van der Waals surface area contributed by atoms with Crippen LogP contribution in [0.25, 0.3) is 11.4 Å². The Morgan fingerprint density at radius 2 is 1.96 bits per heavy atom. The van der Waals surface area contributed by atoms with Crippen molar-refractivity contribution in [1.29, 1.82) is 0 Å². The molecule has 2 aromatic heterocycles. The average molecular weight is 370 g/mol. The van der Waals surface area contributed by atoms with Crippen LogP contribution in [0, 0.1) is 0 Å². The normalized spacial score (nSPS) is 11.3. The largest absolute Gasteiger partial charge is 0.338 e. The summed E-state index contributed by atoms with van der Waals surface area (Å²) >= 11 is 1.69. The van der Waals surface area contributed by atoms with E-state index >= 15 is 0 Å². The summed E-state index contributed by atoms with van der Waals surface area (Å²) in [5, 5.41) is 11.7. The van der Waals surface area contributed by atoms with E-state index in [9.17, 15) is 4.79 Å². The highest BCUT2D eigenvalue weighted by Gasteiger charge is 2.22. The van der Waals surface area contributed by atoms with Crippen molar-refractivity contribution >= 4 is 23.1 Å². The number of hydrogen-bond acceptors (Lipinski definition) is 5. The zero-order valence-corrected chi connectivity index (χ0v) is 15.9. The van der Waals surface area contributed by atoms with Gasteiger partial charge in [0.25, 0.3) is 0 Å². The van der Waals surface area contributed by atoms with E-state index in [1.165, 1.54) is 4.88 Å². The van der Waals surface area contributed by atoms with E-state index in [1.807, 2.05) is 56.5 Å². The molecule has 0 atom stereocenters. The maximum absolute atomic E-state index is 12.0. The second-order valence-electron chi connectivity index (χ2n) is 6.96. The fraction of sp³-hybridized carbons (Fsp3) is 0.316. The maximum Gasteiger partial charge on any atom is 0.319 e. The first-order chi connectivity index (χ1) is 12.4. The number of carbonyl (C=O) groups is 1. The molecule has 0 unspecified atom stereocenters. The molecule has 0 saturated carbocycles. The maximum atomic E-state index is 12.0. The Morgan fingerprint density at radius 1 is 1.19 bits per heavy atom. The topological polar surface area (TPSA) is 80.0 Å². The summed E-state index contributed by atoms with van der Waals surface area (Å²) in [6.45, 7) is 6.67. The number of benzene rings is 1. The molecule has 1 aromatic carbocycles. The predicted molar refractivity (Wildman–Crippen MR) is 103 cm³/mol. The highest BCUT2D eigenvalue weighted by atomic mass is 32.1. The number of thiophene rings is 1. The molecule has 0 aliphatic rings. The van der Waals surface area contributed by atoms with Gasteiger partial charge in [-0.15, -0.1) is 11.3 Å². The molecule has 26 heavy (non-hydrogen) atoms. The van der Waals surface area contributed by atoms with Crippen LogP contribution in [0.3, 0.4) is 0 Å². The molecular formula is C19H22N4O2S. The Labute approximate surface area is 156 Å². The third kappa shape index (κ3) is 4.70. The second kappa shape index (κ2) is 7.70. The smallest absolute Gasteiger partial charge is 0.319 e. The summed E-state index contributed by atoms with van der Waals surface area (Å²) in [6, 6.07) is 11.2. The third-order valence-electron chi connectivity index (χ3n) is 3.71. The Balaban J connectivity index is 1.54. The Morgan fingerprint density at radius 3 is 2.58 bits per heavy atom. The van der Waals surface area contributed by atoms with E-state index in [1.54, 1.807) is 11.3 Å². The van der Waals surface area contributed by atoms with Gasteiger partial charge in [-0.1, -0.05) is 32.0 Å². The highest BCUT2D eigenvalue weighted by Crippen LogP contribution is 2.24. The number of nitrogens with one attached hydrogen (secondary N) is 2. The highest BCUT2D eigenvalue weighted by molar-refractivity contribution is 7.09. The molecule has 0 fully saturated rings. The molecule has 0 radical (unpaired) electrons. The molecule has 0 spiro atoms. The van der Waals surface area contributed by atoms with Crippen LogP contribution in [0.15, 0.2) is 46.3 Å². The predicted octanol–water partition coefficient (Wildman–Crippen LogP) is 4.46. The van der Waals surface area contributed by atoms with Crippen LogP contribution >= 0.6 is 11.3 Å². The van der Waals surface area contributed by atoms with E-state index in [4.69, 9.17) is 4.52 Å². The van der Waals surface area contributed by atoms with Crippen LogP contribution < -0.4 is 10.6 Å². The SMILES string of the molecule is CC(C)(C)c1nc(-c2ccc(NC(=O)NCCc3cccs3)cc2)no1. The van der Waals surface area contributed by atoms with Gasteiger partial charge in [0, 0.05) is 28.1 Å². The fourth-order valence-electron chi connectivity index (χ4n) is 2.28. The summed E-state index contributed by atoms with van der Waals surface area (Å²) in [6.07, 6.45) is 0.831. The molecule has 6 nitrogen and oxygen atoms in total. The molecule has 0 bridgehead atoms. The van der Waals surface area contributed by atoms with Crippen LogP contribution in [0.5, 0.6) is 0 Å². The van der Waals surface area contributed by atoms with Gasteiger partial charge in [0.1, 0.15) is 0 Å². The van der Waals surface area contributed by atoms with Gasteiger partial charge in [0.05, 0.1) is 0 Å². The van der Waals surface area contributed by atoms with Crippen LogP contribution in [0.2, 0.25) is 0 Å². The number of aromatic nitrogens is 2. The number of hydrogen-bond donors (Lipinski definition) is 2. The van der Waals surface area contributed by atoms with Crippen LogP contribution in [-0.4, -0.2) is 22.7 Å². The zero-order valence-electron chi connectivity index (χ0n) is 15.1. The molecule has 2 heterocycles. The number of anilines is 1. The lowest BCUT2D eigenvalue weighted by Gasteiger charge is -2.10. The minimum Gasteiger partial charge on any atom is -0.338 e. The molecule has 7 heteroatoms. The van der Waals surface area contributed by atoms with Crippen molar-refractivity contribution < 1.29 is 9.32 Å². The molecule has 136 valence electrons. The van der Waals surface area contributed by atoms with Gasteiger partial charge in [-0.2, -0.15) is 4.98 Å². The Bertz CT molecular complexity index is 849. The standard InChI is InChI=1S/C19H22N4O2S/c1-19(2,3)17-22-16(23-25-17)13-6-8-14(9-7-13)21-18(24)20-11-10-15-5-4-12-26-15/h4-9,12H,10-11H2,1-3H3,(H2,20,21,24). The number of urea groups is 1. The van der Waals surface area contributed by atoms with Gasteiger partial charge in [-0.05, 0) is 42.1 Å². The van der Waals surface area contributed by atoms with Crippen molar-refractivity contribution in [2.24, 2.45) is 0 Å².